The van der Waals surface area contributed by atoms with Gasteiger partial charge in [-0.05, 0) is 80.0 Å². The highest BCUT2D eigenvalue weighted by atomic mass is 35.5. The molecule has 0 radical (unpaired) electrons. The predicted octanol–water partition coefficient (Wildman–Crippen LogP) is 3.43. The molecule has 5 fully saturated rings. The van der Waals surface area contributed by atoms with Gasteiger partial charge in [0, 0.05) is 113 Å². The molecule has 336 valence electrons. The molecule has 17 nitrogen and oxygen atoms in total. The second kappa shape index (κ2) is 16.0. The lowest BCUT2D eigenvalue weighted by atomic mass is 9.71. The minimum atomic E-state index is -0.978. The number of nitrogens with zero attached hydrogens (tertiary/aromatic N) is 9. The molecule has 19 heteroatoms. The standard InChI is InChI=1S/C46H48ClFN12O5/c47-27-7-12-50-36(20-27)52-41(62)26-1-3-32(34(48)19-26)38-39-40(49)51-13-18-59(39)45(54-38)56-16-10-46(11-17-56)24-58(25-46)28-8-14-55(15-9-28)30-22-57(23-30)29-2-4-31-33(21-29)44(65)60(43(31)64)35-5-6-37(61)53-42(35)63/h1-4,12-13,18-21,27-28,30,35H,5-11,14-17,22-25H2,(H2,49,51)(H,52,62)(H,53,61,63). The van der Waals surface area contributed by atoms with Crippen molar-refractivity contribution < 1.29 is 28.4 Å². The summed E-state index contributed by atoms with van der Waals surface area (Å²) in [5.41, 5.74) is 9.39. The second-order valence-corrected chi connectivity index (χ2v) is 19.0. The maximum Gasteiger partial charge on any atom is 0.262 e. The number of allylic oxidation sites excluding steroid dienone is 1. The summed E-state index contributed by atoms with van der Waals surface area (Å²) in [4.78, 5) is 87.8. The number of hydrogen-bond donors (Lipinski definition) is 3. The van der Waals surface area contributed by atoms with E-state index in [-0.39, 0.29) is 40.6 Å². The van der Waals surface area contributed by atoms with Crippen LogP contribution in [0.15, 0.2) is 65.7 Å². The van der Waals surface area contributed by atoms with E-state index in [1.165, 1.54) is 6.07 Å². The number of imide groups is 2. The van der Waals surface area contributed by atoms with Crippen LogP contribution in [0, 0.1) is 11.2 Å². The van der Waals surface area contributed by atoms with Gasteiger partial charge in [0.25, 0.3) is 17.7 Å². The van der Waals surface area contributed by atoms with Gasteiger partial charge in [0.05, 0.1) is 16.5 Å². The number of hydrogen-bond acceptors (Lipinski definition) is 13. The fourth-order valence-corrected chi connectivity index (χ4v) is 11.0. The Bertz CT molecular complexity index is 2730. The summed E-state index contributed by atoms with van der Waals surface area (Å²) in [5.74, 6) is -1.83. The van der Waals surface area contributed by atoms with Gasteiger partial charge < -0.3 is 20.9 Å². The number of nitrogens with one attached hydrogen (secondary N) is 2. The average Bonchev–Trinajstić information content (AvgIpc) is 3.77. The van der Waals surface area contributed by atoms with E-state index in [1.807, 2.05) is 10.5 Å². The Kier molecular flexibility index (Phi) is 10.2. The highest BCUT2D eigenvalue weighted by Gasteiger charge is 2.49. The molecule has 0 aliphatic carbocycles. The Morgan fingerprint density at radius 2 is 1.65 bits per heavy atom. The number of amides is 5. The molecule has 4 N–H and O–H groups in total. The van der Waals surface area contributed by atoms with Crippen LogP contribution in [0.3, 0.4) is 0 Å². The van der Waals surface area contributed by atoms with Crippen LogP contribution in [-0.2, 0) is 9.59 Å². The van der Waals surface area contributed by atoms with Gasteiger partial charge in [-0.15, -0.1) is 11.6 Å². The van der Waals surface area contributed by atoms with E-state index in [0.717, 1.165) is 88.6 Å². The van der Waals surface area contributed by atoms with Gasteiger partial charge in [-0.3, -0.25) is 48.4 Å². The molecular weight excluding hydrogens is 855 g/mol. The van der Waals surface area contributed by atoms with E-state index in [0.29, 0.717) is 52.6 Å². The zero-order chi connectivity index (χ0) is 44.7. The molecule has 7 aliphatic rings. The van der Waals surface area contributed by atoms with Crippen molar-refractivity contribution in [1.29, 1.82) is 0 Å². The maximum atomic E-state index is 15.9. The number of alkyl halides is 1. The van der Waals surface area contributed by atoms with Crippen LogP contribution in [0.25, 0.3) is 16.8 Å². The number of fused-ring (bicyclic) bond motifs is 2. The Morgan fingerprint density at radius 1 is 0.892 bits per heavy atom. The van der Waals surface area contributed by atoms with Crippen molar-refractivity contribution >= 4 is 70.3 Å². The number of halogens is 2. The molecule has 2 unspecified atom stereocenters. The van der Waals surface area contributed by atoms with Gasteiger partial charge >= 0.3 is 0 Å². The molecule has 65 heavy (non-hydrogen) atoms. The van der Waals surface area contributed by atoms with Crippen LogP contribution < -0.4 is 26.2 Å². The molecule has 9 heterocycles. The van der Waals surface area contributed by atoms with Crippen molar-refractivity contribution in [3.8, 4) is 11.3 Å². The van der Waals surface area contributed by atoms with Crippen molar-refractivity contribution in [1.82, 2.24) is 39.7 Å². The number of likely N-dealkylation sites (tertiary alicyclic amines) is 2. The number of benzene rings is 2. The van der Waals surface area contributed by atoms with E-state index < -0.39 is 41.4 Å². The van der Waals surface area contributed by atoms with Crippen molar-refractivity contribution in [2.24, 2.45) is 10.4 Å². The summed E-state index contributed by atoms with van der Waals surface area (Å²) < 4.78 is 17.8. The number of carbonyl (C=O) groups excluding carboxylic acids is 5. The zero-order valence-electron chi connectivity index (χ0n) is 35.6. The Hall–Kier alpha value is -6.24. The summed E-state index contributed by atoms with van der Waals surface area (Å²) in [6, 6.07) is 9.63. The fourth-order valence-electron chi connectivity index (χ4n) is 10.8. The van der Waals surface area contributed by atoms with E-state index in [2.05, 4.69) is 40.2 Å². The number of aliphatic imine (C=N–C) groups is 1. The van der Waals surface area contributed by atoms with Gasteiger partial charge in [-0.1, -0.05) is 0 Å². The number of piperidine rings is 3. The van der Waals surface area contributed by atoms with Gasteiger partial charge in [0.1, 0.15) is 34.7 Å². The first-order valence-corrected chi connectivity index (χ1v) is 22.8. The quantitative estimate of drug-likeness (QED) is 0.173. The third kappa shape index (κ3) is 7.31. The van der Waals surface area contributed by atoms with Crippen LogP contribution in [0.4, 0.5) is 21.8 Å². The molecule has 5 saturated heterocycles. The van der Waals surface area contributed by atoms with Gasteiger partial charge in [0.2, 0.25) is 17.8 Å². The summed E-state index contributed by atoms with van der Waals surface area (Å²) in [5, 5.41) is 4.66. The fraction of sp³-hybridized carbons (Fsp3) is 0.435. The first-order chi connectivity index (χ1) is 31.4. The predicted molar refractivity (Wildman–Crippen MR) is 240 cm³/mol. The molecule has 11 rings (SSSR count). The maximum absolute atomic E-state index is 15.9. The van der Waals surface area contributed by atoms with Crippen LogP contribution in [-0.4, -0.2) is 141 Å². The molecule has 5 amide bonds. The van der Waals surface area contributed by atoms with Crippen molar-refractivity contribution in [2.75, 3.05) is 67.9 Å². The lowest BCUT2D eigenvalue weighted by Gasteiger charge is -2.58. The average molecular weight is 903 g/mol. The number of nitrogens with two attached hydrogens (primary N) is 1. The Morgan fingerprint density at radius 3 is 2.38 bits per heavy atom. The highest BCUT2D eigenvalue weighted by Crippen LogP contribution is 2.44. The number of anilines is 3. The molecule has 2 atom stereocenters. The van der Waals surface area contributed by atoms with E-state index in [9.17, 15) is 24.0 Å². The van der Waals surface area contributed by atoms with Crippen LogP contribution in [0.1, 0.15) is 76.0 Å². The SMILES string of the molecule is Nc1nccn2c(N3CCC4(CC3)CN(C3CCN(C5CN(c6ccc7c(c6)C(=O)N(C6CCC(=O)NC6=O)C7=O)C5)CC3)C4)nc(-c3ccc(C(=O)NC4=CC(Cl)CC=N4)cc3F)c12. The van der Waals surface area contributed by atoms with Crippen molar-refractivity contribution in [2.45, 2.75) is 68.4 Å². The summed E-state index contributed by atoms with van der Waals surface area (Å²) in [7, 11) is 0. The number of rotatable bonds is 8. The molecule has 2 aromatic carbocycles. The lowest BCUT2D eigenvalue weighted by Crippen LogP contribution is -2.66. The van der Waals surface area contributed by atoms with E-state index in [1.54, 1.807) is 48.9 Å². The summed E-state index contributed by atoms with van der Waals surface area (Å²) in [6.07, 6.45) is 11.8. The molecular formula is C46H48ClFN12O5. The molecule has 0 saturated carbocycles. The van der Waals surface area contributed by atoms with Crippen molar-refractivity contribution in [3.05, 3.63) is 83.2 Å². The third-order valence-electron chi connectivity index (χ3n) is 14.6. The van der Waals surface area contributed by atoms with E-state index >= 15 is 4.39 Å². The van der Waals surface area contributed by atoms with Crippen molar-refractivity contribution in [3.63, 3.8) is 0 Å². The minimum absolute atomic E-state index is 0.0877. The zero-order valence-corrected chi connectivity index (χ0v) is 36.3. The lowest BCUT2D eigenvalue weighted by molar-refractivity contribution is -0.136. The smallest absolute Gasteiger partial charge is 0.262 e. The van der Waals surface area contributed by atoms with Gasteiger partial charge in [0.15, 0.2) is 0 Å². The normalized spacial score (nSPS) is 24.0. The molecule has 1 spiro atoms. The second-order valence-electron chi connectivity index (χ2n) is 18.5. The van der Waals surface area contributed by atoms with E-state index in [4.69, 9.17) is 22.3 Å². The third-order valence-corrected chi connectivity index (χ3v) is 14.9. The molecule has 7 aliphatic heterocycles. The monoisotopic (exact) mass is 902 g/mol. The van der Waals surface area contributed by atoms with Crippen LogP contribution in [0.2, 0.25) is 0 Å². The van der Waals surface area contributed by atoms with Gasteiger partial charge in [-0.25, -0.2) is 19.4 Å². The summed E-state index contributed by atoms with van der Waals surface area (Å²) >= 11 is 6.17. The molecule has 4 aromatic rings. The van der Waals surface area contributed by atoms with Crippen LogP contribution >= 0.6 is 11.6 Å². The molecule has 2 aromatic heterocycles. The topological polar surface area (TPSA) is 194 Å². The van der Waals surface area contributed by atoms with Crippen LogP contribution in [0.5, 0.6) is 0 Å². The number of aromatic nitrogens is 3. The number of carbonyl (C=O) groups is 5. The number of nitrogen functional groups attached to an aromatic ring is 1. The highest BCUT2D eigenvalue weighted by molar-refractivity contribution is 6.24. The Balaban J connectivity index is 0.672. The number of imidazole rings is 1. The first kappa shape index (κ1) is 41.5. The minimum Gasteiger partial charge on any atom is -0.382 e. The largest absolute Gasteiger partial charge is 0.382 e. The summed E-state index contributed by atoms with van der Waals surface area (Å²) in [6.45, 7) is 7.52. The first-order valence-electron chi connectivity index (χ1n) is 22.4. The van der Waals surface area contributed by atoms with Gasteiger partial charge in [-0.2, -0.15) is 0 Å². The molecule has 0 bridgehead atoms. The Labute approximate surface area is 378 Å².